The number of hydrogen-bond acceptors (Lipinski definition) is 1. The smallest absolute Gasteiger partial charge is 0.133 e. The van der Waals surface area contributed by atoms with Crippen LogP contribution in [0.2, 0.25) is 0 Å². The number of Topliss-reactive ketones (excluding diaryl/α,β-unsaturated/α-hetero) is 1. The molecule has 10 heavy (non-hydrogen) atoms. The van der Waals surface area contributed by atoms with Gasteiger partial charge in [0.2, 0.25) is 0 Å². The Morgan fingerprint density at radius 3 is 2.90 bits per heavy atom. The lowest BCUT2D eigenvalue weighted by Crippen LogP contribution is -1.94. The minimum absolute atomic E-state index is 0.487. The van der Waals surface area contributed by atoms with Gasteiger partial charge in [-0.25, -0.2) is 0 Å². The topological polar surface area (TPSA) is 17.1 Å². The third-order valence-electron chi connectivity index (χ3n) is 2.31. The van der Waals surface area contributed by atoms with Crippen molar-refractivity contribution in [2.24, 2.45) is 5.92 Å². The molecule has 0 amide bonds. The Kier molecular flexibility index (Phi) is 2.91. The van der Waals surface area contributed by atoms with Gasteiger partial charge in [0.25, 0.3) is 0 Å². The van der Waals surface area contributed by atoms with E-state index in [1.54, 1.807) is 0 Å². The Balaban J connectivity index is 2.12. The van der Waals surface area contributed by atoms with E-state index in [1.807, 2.05) is 0 Å². The minimum atomic E-state index is 0.487. The van der Waals surface area contributed by atoms with Crippen molar-refractivity contribution in [3.05, 3.63) is 0 Å². The Morgan fingerprint density at radius 1 is 1.60 bits per heavy atom. The second-order valence-corrected chi connectivity index (χ2v) is 3.29. The summed E-state index contributed by atoms with van der Waals surface area (Å²) in [7, 11) is 0. The van der Waals surface area contributed by atoms with E-state index in [9.17, 15) is 4.79 Å². The first-order chi connectivity index (χ1) is 4.83. The summed E-state index contributed by atoms with van der Waals surface area (Å²) in [6.45, 7) is 2.21. The van der Waals surface area contributed by atoms with Gasteiger partial charge in [-0.15, -0.1) is 0 Å². The van der Waals surface area contributed by atoms with Crippen molar-refractivity contribution in [3.8, 4) is 0 Å². The number of carbonyl (C=O) groups is 1. The fourth-order valence-corrected chi connectivity index (χ4v) is 1.63. The zero-order chi connectivity index (χ0) is 7.40. The molecule has 0 heterocycles. The highest BCUT2D eigenvalue weighted by Crippen LogP contribution is 2.26. The van der Waals surface area contributed by atoms with Crippen molar-refractivity contribution in [2.75, 3.05) is 0 Å². The average molecular weight is 140 g/mol. The van der Waals surface area contributed by atoms with E-state index >= 15 is 0 Å². The molecule has 1 aliphatic carbocycles. The molecule has 0 saturated heterocycles. The second kappa shape index (κ2) is 3.75. The molecule has 1 atom stereocenters. The van der Waals surface area contributed by atoms with Gasteiger partial charge in [-0.3, -0.25) is 4.79 Å². The van der Waals surface area contributed by atoms with Crippen molar-refractivity contribution >= 4 is 5.78 Å². The lowest BCUT2D eigenvalue weighted by Gasteiger charge is -2.04. The molecular weight excluding hydrogens is 124 g/mol. The van der Waals surface area contributed by atoms with Crippen molar-refractivity contribution in [2.45, 2.75) is 45.4 Å². The average Bonchev–Trinajstić information content (AvgIpc) is 2.31. The molecule has 1 rings (SSSR count). The van der Waals surface area contributed by atoms with E-state index < -0.39 is 0 Å². The normalized spacial score (nSPS) is 25.7. The van der Waals surface area contributed by atoms with Crippen LogP contribution in [0.5, 0.6) is 0 Å². The van der Waals surface area contributed by atoms with E-state index in [0.717, 1.165) is 18.8 Å². The standard InChI is InChI=1S/C9H16O/c1-2-3-4-8-5-6-9(10)7-8/h8H,2-7H2,1H3/t8-/m0/s1. The van der Waals surface area contributed by atoms with E-state index in [1.165, 1.54) is 25.7 Å². The predicted molar refractivity (Wildman–Crippen MR) is 41.9 cm³/mol. The van der Waals surface area contributed by atoms with Crippen molar-refractivity contribution in [1.29, 1.82) is 0 Å². The van der Waals surface area contributed by atoms with Crippen LogP contribution in [0.1, 0.15) is 45.4 Å². The van der Waals surface area contributed by atoms with Gasteiger partial charge in [0.1, 0.15) is 5.78 Å². The Morgan fingerprint density at radius 2 is 2.40 bits per heavy atom. The fourth-order valence-electron chi connectivity index (χ4n) is 1.63. The Hall–Kier alpha value is -0.330. The molecule has 1 saturated carbocycles. The molecule has 0 unspecified atom stereocenters. The van der Waals surface area contributed by atoms with Crippen LogP contribution in [0.15, 0.2) is 0 Å². The van der Waals surface area contributed by atoms with Gasteiger partial charge in [-0.05, 0) is 12.3 Å². The quantitative estimate of drug-likeness (QED) is 0.588. The van der Waals surface area contributed by atoms with Gasteiger partial charge < -0.3 is 0 Å². The van der Waals surface area contributed by atoms with Gasteiger partial charge in [0.15, 0.2) is 0 Å². The molecule has 0 aromatic carbocycles. The summed E-state index contributed by atoms with van der Waals surface area (Å²) >= 11 is 0. The first-order valence-electron chi connectivity index (χ1n) is 4.34. The third-order valence-corrected chi connectivity index (χ3v) is 2.31. The number of rotatable bonds is 3. The molecule has 1 nitrogen and oxygen atoms in total. The minimum Gasteiger partial charge on any atom is -0.300 e. The Bertz CT molecular complexity index is 118. The molecule has 1 aliphatic rings. The van der Waals surface area contributed by atoms with Crippen LogP contribution >= 0.6 is 0 Å². The van der Waals surface area contributed by atoms with E-state index in [0.29, 0.717) is 5.78 Å². The summed E-state index contributed by atoms with van der Waals surface area (Å²) in [6, 6.07) is 0. The molecule has 1 fully saturated rings. The summed E-state index contributed by atoms with van der Waals surface area (Å²) in [4.78, 5) is 10.8. The van der Waals surface area contributed by atoms with Crippen LogP contribution in [0.25, 0.3) is 0 Å². The highest BCUT2D eigenvalue weighted by atomic mass is 16.1. The first kappa shape index (κ1) is 7.77. The molecule has 1 heteroatoms. The van der Waals surface area contributed by atoms with Crippen molar-refractivity contribution < 1.29 is 4.79 Å². The molecule has 0 aromatic rings. The van der Waals surface area contributed by atoms with Gasteiger partial charge in [0.05, 0.1) is 0 Å². The Labute approximate surface area is 62.8 Å². The molecule has 58 valence electrons. The van der Waals surface area contributed by atoms with Crippen LogP contribution < -0.4 is 0 Å². The summed E-state index contributed by atoms with van der Waals surface area (Å²) in [5.74, 6) is 1.23. The zero-order valence-electron chi connectivity index (χ0n) is 6.73. The molecular formula is C9H16O. The number of unbranched alkanes of at least 4 members (excludes halogenated alkanes) is 1. The van der Waals surface area contributed by atoms with E-state index in [2.05, 4.69) is 6.92 Å². The van der Waals surface area contributed by atoms with Crippen molar-refractivity contribution in [3.63, 3.8) is 0 Å². The lowest BCUT2D eigenvalue weighted by atomic mass is 10.0. The molecule has 0 aliphatic heterocycles. The summed E-state index contributed by atoms with van der Waals surface area (Å²) in [5, 5.41) is 0. The first-order valence-corrected chi connectivity index (χ1v) is 4.34. The largest absolute Gasteiger partial charge is 0.300 e. The molecule has 0 N–H and O–H groups in total. The van der Waals surface area contributed by atoms with Crippen LogP contribution in [-0.4, -0.2) is 5.78 Å². The lowest BCUT2D eigenvalue weighted by molar-refractivity contribution is -0.117. The maximum absolute atomic E-state index is 10.8. The summed E-state index contributed by atoms with van der Waals surface area (Å²) in [6.07, 6.45) is 6.75. The second-order valence-electron chi connectivity index (χ2n) is 3.29. The molecule has 0 spiro atoms. The van der Waals surface area contributed by atoms with Gasteiger partial charge in [-0.1, -0.05) is 26.2 Å². The van der Waals surface area contributed by atoms with Crippen LogP contribution in [0, 0.1) is 5.92 Å². The number of ketones is 1. The molecule has 0 aromatic heterocycles. The van der Waals surface area contributed by atoms with E-state index in [-0.39, 0.29) is 0 Å². The molecule has 0 radical (unpaired) electrons. The fraction of sp³-hybridized carbons (Fsp3) is 0.889. The van der Waals surface area contributed by atoms with Gasteiger partial charge in [0, 0.05) is 12.8 Å². The summed E-state index contributed by atoms with van der Waals surface area (Å²) < 4.78 is 0. The maximum atomic E-state index is 10.8. The van der Waals surface area contributed by atoms with Crippen LogP contribution in [0.3, 0.4) is 0 Å². The highest BCUT2D eigenvalue weighted by Gasteiger charge is 2.20. The zero-order valence-corrected chi connectivity index (χ0v) is 6.73. The van der Waals surface area contributed by atoms with E-state index in [4.69, 9.17) is 0 Å². The monoisotopic (exact) mass is 140 g/mol. The summed E-state index contributed by atoms with van der Waals surface area (Å²) in [5.41, 5.74) is 0. The third kappa shape index (κ3) is 2.13. The number of carbonyl (C=O) groups excluding carboxylic acids is 1. The highest BCUT2D eigenvalue weighted by molar-refractivity contribution is 5.80. The number of hydrogen-bond donors (Lipinski definition) is 0. The maximum Gasteiger partial charge on any atom is 0.133 e. The van der Waals surface area contributed by atoms with Crippen LogP contribution in [-0.2, 0) is 4.79 Å². The molecule has 0 bridgehead atoms. The van der Waals surface area contributed by atoms with Gasteiger partial charge >= 0.3 is 0 Å². The SMILES string of the molecule is CCCC[C@H]1CCC(=O)C1. The van der Waals surface area contributed by atoms with Gasteiger partial charge in [-0.2, -0.15) is 0 Å². The van der Waals surface area contributed by atoms with Crippen molar-refractivity contribution in [1.82, 2.24) is 0 Å². The van der Waals surface area contributed by atoms with Crippen LogP contribution in [0.4, 0.5) is 0 Å². The predicted octanol–water partition coefficient (Wildman–Crippen LogP) is 2.55.